The molecule has 2 aromatic rings. The fourth-order valence-corrected chi connectivity index (χ4v) is 3.97. The van der Waals surface area contributed by atoms with Crippen LogP contribution in [0, 0.1) is 6.92 Å². The zero-order chi connectivity index (χ0) is 22.3. The van der Waals surface area contributed by atoms with Crippen LogP contribution in [0.1, 0.15) is 30.0 Å². The summed E-state index contributed by atoms with van der Waals surface area (Å²) in [6.07, 6.45) is 0.845. The SMILES string of the molecule is CCNC(=NCc1ccc(C)cc1OCCCOC)NCCS(=O)Cc1ccccc1.I. The lowest BCUT2D eigenvalue weighted by Gasteiger charge is -2.14. The van der Waals surface area contributed by atoms with Gasteiger partial charge in [-0.15, -0.1) is 24.0 Å². The van der Waals surface area contributed by atoms with Gasteiger partial charge in [0.15, 0.2) is 5.96 Å². The maximum absolute atomic E-state index is 12.3. The molecule has 2 N–H and O–H groups in total. The highest BCUT2D eigenvalue weighted by Gasteiger charge is 2.06. The Morgan fingerprint density at radius 1 is 1.09 bits per heavy atom. The van der Waals surface area contributed by atoms with E-state index in [4.69, 9.17) is 14.5 Å². The van der Waals surface area contributed by atoms with E-state index in [2.05, 4.69) is 29.7 Å². The quantitative estimate of drug-likeness (QED) is 0.164. The van der Waals surface area contributed by atoms with Crippen LogP contribution in [-0.2, 0) is 27.8 Å². The van der Waals surface area contributed by atoms with Gasteiger partial charge in [-0.3, -0.25) is 4.21 Å². The Morgan fingerprint density at radius 2 is 1.88 bits per heavy atom. The Labute approximate surface area is 212 Å². The number of methoxy groups -OCH3 is 1. The van der Waals surface area contributed by atoms with Gasteiger partial charge in [-0.2, -0.15) is 0 Å². The number of ether oxygens (including phenoxy) is 2. The number of halogens is 1. The first-order valence-corrected chi connectivity index (χ1v) is 12.2. The van der Waals surface area contributed by atoms with Gasteiger partial charge in [-0.25, -0.2) is 4.99 Å². The fourth-order valence-electron chi connectivity index (χ4n) is 2.93. The maximum atomic E-state index is 12.3. The van der Waals surface area contributed by atoms with Crippen LogP contribution >= 0.6 is 24.0 Å². The number of nitrogens with one attached hydrogen (secondary N) is 2. The van der Waals surface area contributed by atoms with Crippen LogP contribution in [0.2, 0.25) is 0 Å². The predicted molar refractivity (Wildman–Crippen MR) is 145 cm³/mol. The van der Waals surface area contributed by atoms with Crippen molar-refractivity contribution in [3.8, 4) is 5.75 Å². The molecule has 8 heteroatoms. The van der Waals surface area contributed by atoms with Gasteiger partial charge >= 0.3 is 0 Å². The zero-order valence-corrected chi connectivity index (χ0v) is 22.4. The topological polar surface area (TPSA) is 72.0 Å². The van der Waals surface area contributed by atoms with Crippen molar-refractivity contribution in [1.29, 1.82) is 0 Å². The molecule has 0 saturated carbocycles. The highest BCUT2D eigenvalue weighted by atomic mass is 127. The molecule has 32 heavy (non-hydrogen) atoms. The third kappa shape index (κ3) is 11.3. The van der Waals surface area contributed by atoms with Crippen LogP contribution in [0.3, 0.4) is 0 Å². The molecule has 0 heterocycles. The second-order valence-electron chi connectivity index (χ2n) is 7.20. The molecule has 0 aliphatic rings. The summed E-state index contributed by atoms with van der Waals surface area (Å²) < 4.78 is 23.4. The molecule has 178 valence electrons. The Bertz CT molecular complexity index is 834. The summed E-state index contributed by atoms with van der Waals surface area (Å²) in [6.45, 7) is 7.23. The lowest BCUT2D eigenvalue weighted by molar-refractivity contribution is 0.172. The van der Waals surface area contributed by atoms with Gasteiger partial charge in [0.1, 0.15) is 5.75 Å². The Kier molecular flexibility index (Phi) is 15.0. The van der Waals surface area contributed by atoms with Crippen molar-refractivity contribution < 1.29 is 13.7 Å². The minimum Gasteiger partial charge on any atom is -0.493 e. The van der Waals surface area contributed by atoms with E-state index in [9.17, 15) is 4.21 Å². The number of benzene rings is 2. The van der Waals surface area contributed by atoms with Gasteiger partial charge in [-0.05, 0) is 31.0 Å². The van der Waals surface area contributed by atoms with E-state index < -0.39 is 10.8 Å². The average Bonchev–Trinajstić information content (AvgIpc) is 2.76. The minimum atomic E-state index is -0.919. The van der Waals surface area contributed by atoms with E-state index in [1.165, 1.54) is 0 Å². The van der Waals surface area contributed by atoms with Gasteiger partial charge in [-0.1, -0.05) is 42.5 Å². The molecule has 0 aromatic heterocycles. The monoisotopic (exact) mass is 573 g/mol. The molecule has 0 spiro atoms. The van der Waals surface area contributed by atoms with Crippen molar-refractivity contribution in [2.45, 2.75) is 32.6 Å². The van der Waals surface area contributed by atoms with Crippen molar-refractivity contribution in [1.82, 2.24) is 10.6 Å². The van der Waals surface area contributed by atoms with Gasteiger partial charge in [0, 0.05) is 61.1 Å². The first-order valence-electron chi connectivity index (χ1n) is 10.7. The Hall–Kier alpha value is -1.65. The summed E-state index contributed by atoms with van der Waals surface area (Å²) in [6, 6.07) is 16.1. The van der Waals surface area contributed by atoms with Crippen LogP contribution < -0.4 is 15.4 Å². The van der Waals surface area contributed by atoms with Crippen molar-refractivity contribution >= 4 is 40.7 Å². The van der Waals surface area contributed by atoms with E-state index in [1.54, 1.807) is 7.11 Å². The number of hydrogen-bond donors (Lipinski definition) is 2. The number of rotatable bonds is 13. The summed E-state index contributed by atoms with van der Waals surface area (Å²) in [5.41, 5.74) is 3.28. The molecular formula is C24H36IN3O3S. The van der Waals surface area contributed by atoms with Crippen LogP contribution in [0.15, 0.2) is 53.5 Å². The van der Waals surface area contributed by atoms with Crippen molar-refractivity contribution in [3.63, 3.8) is 0 Å². The molecule has 0 aliphatic carbocycles. The summed E-state index contributed by atoms with van der Waals surface area (Å²) in [7, 11) is 0.775. The molecule has 1 atom stereocenters. The summed E-state index contributed by atoms with van der Waals surface area (Å²) in [5.74, 6) is 2.71. The lowest BCUT2D eigenvalue weighted by Crippen LogP contribution is -2.39. The van der Waals surface area contributed by atoms with Crippen LogP contribution in [0.4, 0.5) is 0 Å². The molecule has 6 nitrogen and oxygen atoms in total. The van der Waals surface area contributed by atoms with Crippen LogP contribution in [0.5, 0.6) is 5.75 Å². The van der Waals surface area contributed by atoms with Crippen LogP contribution in [0.25, 0.3) is 0 Å². The molecule has 2 rings (SSSR count). The predicted octanol–water partition coefficient (Wildman–Crippen LogP) is 4.03. The molecular weight excluding hydrogens is 537 g/mol. The second kappa shape index (κ2) is 16.9. The molecule has 0 fully saturated rings. The molecule has 1 unspecified atom stereocenters. The number of aryl methyl sites for hydroxylation is 1. The normalized spacial score (nSPS) is 12.0. The van der Waals surface area contributed by atoms with Crippen molar-refractivity contribution in [2.24, 2.45) is 4.99 Å². The van der Waals surface area contributed by atoms with Gasteiger partial charge in [0.25, 0.3) is 0 Å². The molecule has 0 saturated heterocycles. The summed E-state index contributed by atoms with van der Waals surface area (Å²) >= 11 is 0. The van der Waals surface area contributed by atoms with Crippen molar-refractivity contribution in [2.75, 3.05) is 39.2 Å². The van der Waals surface area contributed by atoms with Gasteiger partial charge in [0.05, 0.1) is 13.2 Å². The first kappa shape index (κ1) is 28.4. The highest BCUT2D eigenvalue weighted by molar-refractivity contribution is 14.0. The van der Waals surface area contributed by atoms with E-state index in [0.29, 0.717) is 43.8 Å². The Morgan fingerprint density at radius 3 is 2.59 bits per heavy atom. The van der Waals surface area contributed by atoms with Crippen LogP contribution in [-0.4, -0.2) is 49.3 Å². The average molecular weight is 574 g/mol. The number of nitrogens with zero attached hydrogens (tertiary/aromatic N) is 1. The third-order valence-corrected chi connectivity index (χ3v) is 5.83. The van der Waals surface area contributed by atoms with E-state index in [-0.39, 0.29) is 24.0 Å². The number of hydrogen-bond acceptors (Lipinski definition) is 4. The number of aliphatic imine (C=N–C) groups is 1. The molecule has 0 radical (unpaired) electrons. The summed E-state index contributed by atoms with van der Waals surface area (Å²) in [5, 5.41) is 6.54. The molecule has 0 bridgehead atoms. The maximum Gasteiger partial charge on any atom is 0.191 e. The third-order valence-electron chi connectivity index (χ3n) is 4.52. The largest absolute Gasteiger partial charge is 0.493 e. The summed E-state index contributed by atoms with van der Waals surface area (Å²) in [4.78, 5) is 4.69. The number of guanidine groups is 1. The zero-order valence-electron chi connectivity index (χ0n) is 19.3. The fraction of sp³-hybridized carbons (Fsp3) is 0.458. The second-order valence-corrected chi connectivity index (χ2v) is 8.78. The standard InChI is InChI=1S/C24H35N3O3S.HI/c1-4-25-24(26-13-16-31(28)19-21-9-6-5-7-10-21)27-18-22-12-11-20(2)17-23(22)30-15-8-14-29-3;/h5-7,9-12,17H,4,8,13-16,18-19H2,1-3H3,(H2,25,26,27);1H. The van der Waals surface area contributed by atoms with E-state index in [0.717, 1.165) is 35.4 Å². The van der Waals surface area contributed by atoms with Crippen molar-refractivity contribution in [3.05, 3.63) is 65.2 Å². The lowest BCUT2D eigenvalue weighted by atomic mass is 10.1. The molecule has 0 amide bonds. The molecule has 0 aliphatic heterocycles. The minimum absolute atomic E-state index is 0. The Balaban J connectivity index is 0.00000512. The van der Waals surface area contributed by atoms with Gasteiger partial charge in [0.2, 0.25) is 0 Å². The first-order chi connectivity index (χ1) is 15.1. The van der Waals surface area contributed by atoms with E-state index in [1.807, 2.05) is 43.3 Å². The van der Waals surface area contributed by atoms with Gasteiger partial charge < -0.3 is 20.1 Å². The smallest absolute Gasteiger partial charge is 0.191 e. The highest BCUT2D eigenvalue weighted by Crippen LogP contribution is 2.21. The van der Waals surface area contributed by atoms with E-state index >= 15 is 0 Å². The molecule has 2 aromatic carbocycles.